The monoisotopic (exact) mass is 428 g/mol. The van der Waals surface area contributed by atoms with Gasteiger partial charge in [0.1, 0.15) is 5.84 Å². The van der Waals surface area contributed by atoms with Gasteiger partial charge in [0.05, 0.1) is 4.90 Å². The number of carbonyl (C=O) groups excluding carboxylic acids is 1. The molecule has 2 heterocycles. The van der Waals surface area contributed by atoms with Crippen LogP contribution in [-0.4, -0.2) is 43.6 Å². The Balaban J connectivity index is 1.62. The van der Waals surface area contributed by atoms with Gasteiger partial charge in [-0.3, -0.25) is 9.78 Å². The van der Waals surface area contributed by atoms with E-state index in [9.17, 15) is 13.2 Å². The van der Waals surface area contributed by atoms with Crippen LogP contribution in [0.1, 0.15) is 44.2 Å². The quantitative estimate of drug-likeness (QED) is 0.727. The van der Waals surface area contributed by atoms with Gasteiger partial charge in [-0.15, -0.1) is 4.40 Å². The summed E-state index contributed by atoms with van der Waals surface area (Å²) in [4.78, 5) is 18.5. The van der Waals surface area contributed by atoms with E-state index >= 15 is 0 Å². The number of aromatic nitrogens is 1. The van der Waals surface area contributed by atoms with Gasteiger partial charge in [-0.05, 0) is 56.0 Å². The molecule has 1 amide bonds. The maximum absolute atomic E-state index is 12.8. The van der Waals surface area contributed by atoms with Gasteiger partial charge < -0.3 is 10.2 Å². The summed E-state index contributed by atoms with van der Waals surface area (Å²) in [5.74, 6) is 0.437. The second kappa shape index (κ2) is 10.3. The van der Waals surface area contributed by atoms with Crippen molar-refractivity contribution in [3.8, 4) is 0 Å². The minimum absolute atomic E-state index is 0.0823. The third-order valence-corrected chi connectivity index (χ3v) is 6.34. The number of nitrogens with zero attached hydrogens (tertiary/aromatic N) is 3. The summed E-state index contributed by atoms with van der Waals surface area (Å²) < 4.78 is 29.7. The Bertz CT molecular complexity index is 990. The molecule has 1 aromatic heterocycles. The van der Waals surface area contributed by atoms with E-state index in [-0.39, 0.29) is 10.8 Å². The fourth-order valence-corrected chi connectivity index (χ4v) is 4.51. The standard InChI is InChI=1S/C22H28N4O3S/c1-26-16-6-2-3-13-21(26)25-30(28,29)20-12-7-11-19(17-20)24-22(27)14-8-10-18-9-4-5-15-23-18/h4-5,7,9,11-12,15,17H,2-3,6,8,10,13-14,16H2,1H3,(H,24,27)/b25-21+. The molecule has 1 aliphatic heterocycles. The Morgan fingerprint density at radius 1 is 1.17 bits per heavy atom. The van der Waals surface area contributed by atoms with Crippen molar-refractivity contribution >= 4 is 27.5 Å². The van der Waals surface area contributed by atoms with Gasteiger partial charge in [-0.25, -0.2) is 0 Å². The van der Waals surface area contributed by atoms with Gasteiger partial charge in [0.2, 0.25) is 5.91 Å². The predicted octanol–water partition coefficient (Wildman–Crippen LogP) is 3.64. The first kappa shape index (κ1) is 22.0. The zero-order valence-corrected chi connectivity index (χ0v) is 18.1. The molecule has 7 nitrogen and oxygen atoms in total. The molecule has 2 aromatic rings. The van der Waals surface area contributed by atoms with Gasteiger partial charge in [-0.2, -0.15) is 8.42 Å². The zero-order chi connectivity index (χ0) is 21.4. The van der Waals surface area contributed by atoms with E-state index in [0.717, 1.165) is 31.5 Å². The summed E-state index contributed by atoms with van der Waals surface area (Å²) in [6, 6.07) is 12.0. The Morgan fingerprint density at radius 2 is 2.03 bits per heavy atom. The highest BCUT2D eigenvalue weighted by Crippen LogP contribution is 2.20. The molecule has 30 heavy (non-hydrogen) atoms. The number of likely N-dealkylation sites (tertiary alicyclic amines) is 1. The van der Waals surface area contributed by atoms with E-state index in [4.69, 9.17) is 0 Å². The largest absolute Gasteiger partial charge is 0.362 e. The SMILES string of the molecule is CN1CCCCC/C1=N\S(=O)(=O)c1cccc(NC(=O)CCCc2ccccn2)c1. The first-order valence-corrected chi connectivity index (χ1v) is 11.7. The molecule has 0 saturated carbocycles. The molecule has 3 rings (SSSR count). The third kappa shape index (κ3) is 6.38. The smallest absolute Gasteiger partial charge is 0.284 e. The molecule has 0 spiro atoms. The highest BCUT2D eigenvalue weighted by molar-refractivity contribution is 7.90. The number of rotatable bonds is 7. The Morgan fingerprint density at radius 3 is 2.83 bits per heavy atom. The van der Waals surface area contributed by atoms with E-state index in [1.165, 1.54) is 12.1 Å². The lowest BCUT2D eigenvalue weighted by Gasteiger charge is -2.17. The molecule has 0 aliphatic carbocycles. The van der Waals surface area contributed by atoms with Gasteiger partial charge in [0.25, 0.3) is 10.0 Å². The number of nitrogens with one attached hydrogen (secondary N) is 1. The Labute approximate surface area is 178 Å². The molecule has 1 fully saturated rings. The molecular weight excluding hydrogens is 400 g/mol. The number of amides is 1. The third-order valence-electron chi connectivity index (χ3n) is 5.04. The van der Waals surface area contributed by atoms with Crippen molar-refractivity contribution in [3.05, 3.63) is 54.4 Å². The maximum atomic E-state index is 12.8. The van der Waals surface area contributed by atoms with Crippen molar-refractivity contribution in [1.29, 1.82) is 0 Å². The molecule has 1 N–H and O–H groups in total. The lowest BCUT2D eigenvalue weighted by atomic mass is 10.1. The molecule has 0 bridgehead atoms. The van der Waals surface area contributed by atoms with Crippen LogP contribution in [0.25, 0.3) is 0 Å². The number of aryl methyl sites for hydroxylation is 1. The summed E-state index contributed by atoms with van der Waals surface area (Å²) in [5.41, 5.74) is 1.40. The van der Waals surface area contributed by atoms with Crippen molar-refractivity contribution in [2.75, 3.05) is 18.9 Å². The molecule has 1 aromatic carbocycles. The van der Waals surface area contributed by atoms with Gasteiger partial charge in [0.15, 0.2) is 0 Å². The van der Waals surface area contributed by atoms with Crippen LogP contribution in [0.5, 0.6) is 0 Å². The fraction of sp³-hybridized carbons (Fsp3) is 0.409. The van der Waals surface area contributed by atoms with E-state index < -0.39 is 10.0 Å². The summed E-state index contributed by atoms with van der Waals surface area (Å²) in [6.07, 6.45) is 7.16. The topological polar surface area (TPSA) is 91.7 Å². The number of carbonyl (C=O) groups is 1. The number of hydrogen-bond acceptors (Lipinski definition) is 4. The highest BCUT2D eigenvalue weighted by Gasteiger charge is 2.19. The summed E-state index contributed by atoms with van der Waals surface area (Å²) in [6.45, 7) is 0.808. The minimum Gasteiger partial charge on any atom is -0.362 e. The van der Waals surface area contributed by atoms with Crippen molar-refractivity contribution in [3.63, 3.8) is 0 Å². The van der Waals surface area contributed by atoms with Crippen molar-refractivity contribution < 1.29 is 13.2 Å². The first-order valence-electron chi connectivity index (χ1n) is 10.3. The normalized spacial score (nSPS) is 16.3. The number of pyridine rings is 1. The van der Waals surface area contributed by atoms with Crippen LogP contribution in [-0.2, 0) is 21.2 Å². The van der Waals surface area contributed by atoms with Crippen LogP contribution < -0.4 is 5.32 Å². The second-order valence-electron chi connectivity index (χ2n) is 7.47. The van der Waals surface area contributed by atoms with Crippen LogP contribution >= 0.6 is 0 Å². The Hall–Kier alpha value is -2.74. The van der Waals surface area contributed by atoms with Crippen LogP contribution in [0.15, 0.2) is 58.0 Å². The molecule has 1 saturated heterocycles. The number of sulfonamides is 1. The lowest BCUT2D eigenvalue weighted by Crippen LogP contribution is -2.26. The summed E-state index contributed by atoms with van der Waals surface area (Å²) in [7, 11) is -1.96. The van der Waals surface area contributed by atoms with E-state index in [2.05, 4.69) is 14.7 Å². The van der Waals surface area contributed by atoms with E-state index in [0.29, 0.717) is 37.2 Å². The number of hydrogen-bond donors (Lipinski definition) is 1. The highest BCUT2D eigenvalue weighted by atomic mass is 32.2. The second-order valence-corrected chi connectivity index (χ2v) is 9.07. The van der Waals surface area contributed by atoms with Crippen LogP contribution in [0.4, 0.5) is 5.69 Å². The minimum atomic E-state index is -3.83. The summed E-state index contributed by atoms with van der Waals surface area (Å²) >= 11 is 0. The molecule has 160 valence electrons. The average Bonchev–Trinajstić information content (AvgIpc) is 2.93. The van der Waals surface area contributed by atoms with Crippen LogP contribution in [0.2, 0.25) is 0 Å². The van der Waals surface area contributed by atoms with Crippen LogP contribution in [0, 0.1) is 0 Å². The van der Waals surface area contributed by atoms with Gasteiger partial charge >= 0.3 is 0 Å². The number of benzene rings is 1. The Kier molecular flexibility index (Phi) is 7.57. The van der Waals surface area contributed by atoms with E-state index in [1.54, 1.807) is 18.3 Å². The molecule has 0 unspecified atom stereocenters. The maximum Gasteiger partial charge on any atom is 0.284 e. The number of amidine groups is 1. The van der Waals surface area contributed by atoms with E-state index in [1.807, 2.05) is 30.1 Å². The molecule has 0 radical (unpaired) electrons. The average molecular weight is 429 g/mol. The van der Waals surface area contributed by atoms with Gasteiger partial charge in [-0.1, -0.05) is 18.6 Å². The fourth-order valence-electron chi connectivity index (χ4n) is 3.37. The first-order chi connectivity index (χ1) is 14.4. The number of anilines is 1. The van der Waals surface area contributed by atoms with Crippen molar-refractivity contribution in [2.45, 2.75) is 49.8 Å². The van der Waals surface area contributed by atoms with Crippen molar-refractivity contribution in [1.82, 2.24) is 9.88 Å². The van der Waals surface area contributed by atoms with Crippen LogP contribution in [0.3, 0.4) is 0 Å². The molecule has 1 aliphatic rings. The lowest BCUT2D eigenvalue weighted by molar-refractivity contribution is -0.116. The van der Waals surface area contributed by atoms with Crippen molar-refractivity contribution in [2.24, 2.45) is 4.40 Å². The summed E-state index contributed by atoms with van der Waals surface area (Å²) in [5, 5.41) is 2.78. The van der Waals surface area contributed by atoms with Gasteiger partial charge in [0, 0.05) is 44.0 Å². The molecule has 8 heteroatoms. The zero-order valence-electron chi connectivity index (χ0n) is 17.3. The molecule has 0 atom stereocenters. The molecular formula is C22H28N4O3S. The predicted molar refractivity (Wildman–Crippen MR) is 118 cm³/mol.